The molecule has 5 rings (SSSR count). The van der Waals surface area contributed by atoms with Crippen molar-refractivity contribution in [3.63, 3.8) is 0 Å². The molecule has 0 saturated carbocycles. The fourth-order valence-corrected chi connectivity index (χ4v) is 5.08. The van der Waals surface area contributed by atoms with Crippen LogP contribution >= 0.6 is 0 Å². The van der Waals surface area contributed by atoms with E-state index in [0.29, 0.717) is 19.5 Å². The topological polar surface area (TPSA) is 78.2 Å². The highest BCUT2D eigenvalue weighted by Gasteiger charge is 2.22. The molecular formula is C29H33N5O. The molecule has 3 N–H and O–H groups in total. The van der Waals surface area contributed by atoms with Crippen LogP contribution in [0.25, 0.3) is 33.4 Å². The summed E-state index contributed by atoms with van der Waals surface area (Å²) in [7, 11) is 0. The number of Topliss-reactive ketones (excluding diaryl/α,β-unsaturated/α-hetero) is 1. The van der Waals surface area contributed by atoms with Crippen molar-refractivity contribution in [1.82, 2.24) is 19.8 Å². The van der Waals surface area contributed by atoms with Crippen molar-refractivity contribution in [2.24, 2.45) is 5.73 Å². The predicted octanol–water partition coefficient (Wildman–Crippen LogP) is 3.89. The number of carbonyl (C=O) groups excluding carboxylic acids is 1. The van der Waals surface area contributed by atoms with Gasteiger partial charge in [-0.15, -0.1) is 0 Å². The maximum absolute atomic E-state index is 13.3. The van der Waals surface area contributed by atoms with E-state index in [9.17, 15) is 4.79 Å². The number of pyridine rings is 1. The van der Waals surface area contributed by atoms with Crippen LogP contribution in [0.15, 0.2) is 66.9 Å². The van der Waals surface area contributed by atoms with Gasteiger partial charge in [-0.25, -0.2) is 4.98 Å². The summed E-state index contributed by atoms with van der Waals surface area (Å²) in [6, 6.07) is 20.9. The molecule has 0 atom stereocenters. The maximum Gasteiger partial charge on any atom is 0.151 e. The number of nitrogens with two attached hydrogens (primary N) is 1. The Labute approximate surface area is 206 Å². The first-order valence-corrected chi connectivity index (χ1v) is 12.4. The number of H-pyrrole nitrogens is 1. The van der Waals surface area contributed by atoms with Gasteiger partial charge in [0.25, 0.3) is 0 Å². The van der Waals surface area contributed by atoms with Crippen molar-refractivity contribution < 1.29 is 4.79 Å². The van der Waals surface area contributed by atoms with Gasteiger partial charge in [0.2, 0.25) is 0 Å². The van der Waals surface area contributed by atoms with E-state index < -0.39 is 0 Å². The lowest BCUT2D eigenvalue weighted by atomic mass is 9.92. The van der Waals surface area contributed by atoms with E-state index in [1.54, 1.807) is 6.20 Å². The monoisotopic (exact) mass is 467 g/mol. The van der Waals surface area contributed by atoms with Gasteiger partial charge in [-0.1, -0.05) is 54.1 Å². The smallest absolute Gasteiger partial charge is 0.151 e. The van der Waals surface area contributed by atoms with Crippen LogP contribution in [0.5, 0.6) is 0 Å². The van der Waals surface area contributed by atoms with Crippen LogP contribution in [0, 0.1) is 6.92 Å². The first kappa shape index (κ1) is 23.4. The number of piperazine rings is 1. The van der Waals surface area contributed by atoms with Crippen LogP contribution in [0.4, 0.5) is 0 Å². The lowest BCUT2D eigenvalue weighted by molar-refractivity contribution is -0.119. The number of rotatable bonds is 8. The van der Waals surface area contributed by atoms with E-state index >= 15 is 0 Å². The molecule has 2 aromatic heterocycles. The van der Waals surface area contributed by atoms with E-state index in [1.165, 1.54) is 5.56 Å². The van der Waals surface area contributed by atoms with E-state index in [4.69, 9.17) is 5.73 Å². The zero-order valence-electron chi connectivity index (χ0n) is 20.3. The Kier molecular flexibility index (Phi) is 7.04. The van der Waals surface area contributed by atoms with Crippen LogP contribution in [0.3, 0.4) is 0 Å². The molecule has 1 aliphatic rings. The Morgan fingerprint density at radius 1 is 0.971 bits per heavy atom. The molecule has 6 heteroatoms. The average molecular weight is 468 g/mol. The van der Waals surface area contributed by atoms with Gasteiger partial charge in [-0.3, -0.25) is 14.6 Å². The third-order valence-electron chi connectivity index (χ3n) is 6.89. The second-order valence-electron chi connectivity index (χ2n) is 9.42. The van der Waals surface area contributed by atoms with Gasteiger partial charge >= 0.3 is 0 Å². The second kappa shape index (κ2) is 10.5. The summed E-state index contributed by atoms with van der Waals surface area (Å²) >= 11 is 0. The summed E-state index contributed by atoms with van der Waals surface area (Å²) in [5.74, 6) is 0.233. The normalized spacial score (nSPS) is 15.0. The number of aromatic amines is 1. The molecule has 0 unspecified atom stereocenters. The molecular weight excluding hydrogens is 434 g/mol. The SMILES string of the molecule is Cc1ccc(-c2[nH]c3ncccc3c2CC(=O)CN2CCN(CCN)CC2)c(-c2ccccc2)c1. The summed E-state index contributed by atoms with van der Waals surface area (Å²) in [6.45, 7) is 7.94. The molecule has 35 heavy (non-hydrogen) atoms. The molecule has 3 heterocycles. The van der Waals surface area contributed by atoms with E-state index in [1.807, 2.05) is 12.1 Å². The summed E-state index contributed by atoms with van der Waals surface area (Å²) in [4.78, 5) is 26.1. The largest absolute Gasteiger partial charge is 0.339 e. The van der Waals surface area contributed by atoms with Gasteiger partial charge in [0.05, 0.1) is 12.2 Å². The fourth-order valence-electron chi connectivity index (χ4n) is 5.08. The zero-order valence-corrected chi connectivity index (χ0v) is 20.3. The molecule has 0 spiro atoms. The number of nitrogens with zero attached hydrogens (tertiary/aromatic N) is 3. The summed E-state index contributed by atoms with van der Waals surface area (Å²) in [5, 5.41) is 1.02. The molecule has 4 aromatic rings. The highest BCUT2D eigenvalue weighted by molar-refractivity contribution is 5.97. The minimum atomic E-state index is 0.233. The Balaban J connectivity index is 1.46. The van der Waals surface area contributed by atoms with Crippen LogP contribution in [0.1, 0.15) is 11.1 Å². The van der Waals surface area contributed by atoms with Crippen LogP contribution in [-0.4, -0.2) is 71.4 Å². The van der Waals surface area contributed by atoms with Gasteiger partial charge in [-0.2, -0.15) is 0 Å². The third kappa shape index (κ3) is 5.20. The van der Waals surface area contributed by atoms with E-state index in [0.717, 1.165) is 71.7 Å². The zero-order chi connectivity index (χ0) is 24.2. The van der Waals surface area contributed by atoms with E-state index in [-0.39, 0.29) is 5.78 Å². The molecule has 1 aliphatic heterocycles. The number of hydrogen-bond acceptors (Lipinski definition) is 5. The Hall–Kier alpha value is -3.32. The third-order valence-corrected chi connectivity index (χ3v) is 6.89. The highest BCUT2D eigenvalue weighted by atomic mass is 16.1. The molecule has 0 bridgehead atoms. The average Bonchev–Trinajstić information content (AvgIpc) is 3.24. The van der Waals surface area contributed by atoms with Crippen molar-refractivity contribution >= 4 is 16.8 Å². The van der Waals surface area contributed by atoms with Crippen LogP contribution in [-0.2, 0) is 11.2 Å². The lowest BCUT2D eigenvalue weighted by Crippen LogP contribution is -2.49. The Bertz CT molecular complexity index is 1310. The van der Waals surface area contributed by atoms with Gasteiger partial charge in [0.15, 0.2) is 5.78 Å². The quantitative estimate of drug-likeness (QED) is 0.411. The molecule has 0 radical (unpaired) electrons. The lowest BCUT2D eigenvalue weighted by Gasteiger charge is -2.34. The fraction of sp³-hybridized carbons (Fsp3) is 0.310. The summed E-state index contributed by atoms with van der Waals surface area (Å²) in [6.07, 6.45) is 2.18. The minimum Gasteiger partial charge on any atom is -0.339 e. The molecule has 1 saturated heterocycles. The number of hydrogen-bond donors (Lipinski definition) is 2. The van der Waals surface area contributed by atoms with Gasteiger partial charge < -0.3 is 10.7 Å². The van der Waals surface area contributed by atoms with Gasteiger partial charge in [0.1, 0.15) is 5.65 Å². The minimum absolute atomic E-state index is 0.233. The number of benzene rings is 2. The Morgan fingerprint density at radius 3 is 2.51 bits per heavy atom. The second-order valence-corrected chi connectivity index (χ2v) is 9.42. The summed E-state index contributed by atoms with van der Waals surface area (Å²) in [5.41, 5.74) is 13.1. The maximum atomic E-state index is 13.3. The Morgan fingerprint density at radius 2 is 1.74 bits per heavy atom. The molecule has 1 fully saturated rings. The van der Waals surface area contributed by atoms with Crippen LogP contribution < -0.4 is 5.73 Å². The van der Waals surface area contributed by atoms with Crippen molar-refractivity contribution in [2.75, 3.05) is 45.8 Å². The first-order chi connectivity index (χ1) is 17.1. The number of nitrogens with one attached hydrogen (secondary N) is 1. The number of ketones is 1. The number of aromatic nitrogens is 2. The van der Waals surface area contributed by atoms with Crippen molar-refractivity contribution in [3.8, 4) is 22.4 Å². The number of carbonyl (C=O) groups is 1. The number of fused-ring (bicyclic) bond motifs is 1. The summed E-state index contributed by atoms with van der Waals surface area (Å²) < 4.78 is 0. The molecule has 6 nitrogen and oxygen atoms in total. The first-order valence-electron chi connectivity index (χ1n) is 12.4. The van der Waals surface area contributed by atoms with E-state index in [2.05, 4.69) is 75.2 Å². The van der Waals surface area contributed by atoms with Gasteiger partial charge in [-0.05, 0) is 35.7 Å². The standard InChI is InChI=1S/C29H33N5O/c1-21-9-10-24(26(18-21)22-6-3-2-4-7-22)28-27(25-8-5-12-31-29(25)32-28)19-23(35)20-34-16-14-33(13-11-30)15-17-34/h2-10,12,18H,11,13-17,19-20,30H2,1H3,(H,31,32). The number of aryl methyl sites for hydroxylation is 1. The van der Waals surface area contributed by atoms with Crippen LogP contribution in [0.2, 0.25) is 0 Å². The molecule has 0 amide bonds. The molecule has 2 aromatic carbocycles. The molecule has 180 valence electrons. The van der Waals surface area contributed by atoms with Crippen molar-refractivity contribution in [1.29, 1.82) is 0 Å². The highest BCUT2D eigenvalue weighted by Crippen LogP contribution is 2.37. The van der Waals surface area contributed by atoms with Gasteiger partial charge in [0, 0.05) is 62.8 Å². The van der Waals surface area contributed by atoms with Crippen molar-refractivity contribution in [2.45, 2.75) is 13.3 Å². The predicted molar refractivity (Wildman–Crippen MR) is 142 cm³/mol. The molecule has 0 aliphatic carbocycles. The van der Waals surface area contributed by atoms with Crippen molar-refractivity contribution in [3.05, 3.63) is 78.0 Å².